The number of halogens is 3. The van der Waals surface area contributed by atoms with Crippen molar-refractivity contribution in [1.82, 2.24) is 20.1 Å². The minimum Gasteiger partial charge on any atom is -0.453 e. The van der Waals surface area contributed by atoms with Crippen LogP contribution in [0.15, 0.2) is 78.0 Å². The van der Waals surface area contributed by atoms with E-state index in [1.165, 1.54) is 23.1 Å². The van der Waals surface area contributed by atoms with Gasteiger partial charge >= 0.3 is 24.3 Å². The van der Waals surface area contributed by atoms with E-state index in [4.69, 9.17) is 9.47 Å². The number of nitrogens with one attached hydrogen (secondary N) is 3. The quantitative estimate of drug-likeness (QED) is 0.0781. The molecule has 3 N–H and O–H groups in total. The predicted molar refractivity (Wildman–Crippen MR) is 171 cm³/mol. The normalized spacial score (nSPS) is 11.5. The highest BCUT2D eigenvalue weighted by atomic mass is 32.2. The van der Waals surface area contributed by atoms with Crippen LogP contribution in [-0.4, -0.2) is 57.1 Å². The van der Waals surface area contributed by atoms with Crippen LogP contribution in [0.2, 0.25) is 0 Å². The van der Waals surface area contributed by atoms with Crippen molar-refractivity contribution in [2.75, 3.05) is 29.7 Å². The van der Waals surface area contributed by atoms with Crippen molar-refractivity contribution in [3.05, 3.63) is 89.7 Å². The Hall–Kier alpha value is -5.38. The van der Waals surface area contributed by atoms with Gasteiger partial charge in [0.1, 0.15) is 18.8 Å². The van der Waals surface area contributed by atoms with Gasteiger partial charge in [0.05, 0.1) is 17.9 Å². The molecular weight excluding hydrogens is 639 g/mol. The van der Waals surface area contributed by atoms with Crippen LogP contribution in [-0.2, 0) is 20.4 Å². The maximum Gasteiger partial charge on any atom is 0.416 e. The summed E-state index contributed by atoms with van der Waals surface area (Å²) in [6.45, 7) is 5.18. The number of thioether (sulfide) groups is 1. The molecule has 0 aliphatic heterocycles. The van der Waals surface area contributed by atoms with Crippen LogP contribution in [0.3, 0.4) is 0 Å². The number of nitrogens with zero attached hydrogens (tertiary/aromatic N) is 4. The lowest BCUT2D eigenvalue weighted by molar-refractivity contribution is -0.140. The molecule has 3 amide bonds. The van der Waals surface area contributed by atoms with Gasteiger partial charge in [-0.05, 0) is 92.2 Å². The van der Waals surface area contributed by atoms with Crippen LogP contribution in [0.4, 0.5) is 34.1 Å². The van der Waals surface area contributed by atoms with Crippen LogP contribution >= 0.6 is 11.8 Å². The number of aryl methyl sites for hydroxylation is 2. The molecule has 47 heavy (non-hydrogen) atoms. The second-order valence-corrected chi connectivity index (χ2v) is 10.6. The fourth-order valence-corrected chi connectivity index (χ4v) is 4.64. The largest absolute Gasteiger partial charge is 0.453 e. The van der Waals surface area contributed by atoms with E-state index >= 15 is 0 Å². The van der Waals surface area contributed by atoms with Crippen LogP contribution < -0.4 is 16.0 Å². The zero-order valence-electron chi connectivity index (χ0n) is 25.4. The Morgan fingerprint density at radius 3 is 2.26 bits per heavy atom. The molecule has 0 atom stereocenters. The number of anilines is 2. The van der Waals surface area contributed by atoms with Crippen molar-refractivity contribution in [3.8, 4) is 17.1 Å². The second kappa shape index (κ2) is 15.8. The van der Waals surface area contributed by atoms with Crippen LogP contribution in [0.1, 0.15) is 23.6 Å². The highest BCUT2D eigenvalue weighted by Crippen LogP contribution is 2.30. The molecule has 1 heterocycles. The van der Waals surface area contributed by atoms with E-state index < -0.39 is 36.4 Å². The summed E-state index contributed by atoms with van der Waals surface area (Å²) in [6.07, 6.45) is -3.80. The number of aromatic nitrogens is 3. The molecule has 3 aromatic carbocycles. The molecule has 0 radical (unpaired) electrons. The zero-order chi connectivity index (χ0) is 34.0. The van der Waals surface area contributed by atoms with Gasteiger partial charge in [-0.1, -0.05) is 18.2 Å². The number of benzene rings is 3. The average Bonchev–Trinajstić information content (AvgIpc) is 3.52. The van der Waals surface area contributed by atoms with Crippen molar-refractivity contribution < 1.29 is 37.0 Å². The van der Waals surface area contributed by atoms with Crippen LogP contribution in [0.5, 0.6) is 0 Å². The molecule has 12 nitrogen and oxygen atoms in total. The molecular formula is C31H30F3N7O5S. The number of aliphatic imine (C=N–C) groups is 1. The highest BCUT2D eigenvalue weighted by Gasteiger charge is 2.30. The fraction of sp³-hybridized carbons (Fsp3) is 0.226. The number of esters is 1. The van der Waals surface area contributed by atoms with Crippen molar-refractivity contribution in [2.45, 2.75) is 26.9 Å². The van der Waals surface area contributed by atoms with Crippen molar-refractivity contribution in [1.29, 1.82) is 0 Å². The topological polar surface area (TPSA) is 149 Å². The maximum absolute atomic E-state index is 12.9. The van der Waals surface area contributed by atoms with Crippen molar-refractivity contribution >= 4 is 46.4 Å². The summed E-state index contributed by atoms with van der Waals surface area (Å²) in [6, 6.07) is 16.1. The molecule has 0 fully saturated rings. The zero-order valence-corrected chi connectivity index (χ0v) is 26.2. The number of hydrogen-bond acceptors (Lipinski definition) is 8. The Labute approximate surface area is 271 Å². The van der Waals surface area contributed by atoms with Crippen molar-refractivity contribution in [2.24, 2.45) is 4.99 Å². The third-order valence-corrected chi connectivity index (χ3v) is 7.03. The van der Waals surface area contributed by atoms with Crippen LogP contribution in [0, 0.1) is 13.8 Å². The lowest BCUT2D eigenvalue weighted by Gasteiger charge is -2.14. The summed E-state index contributed by atoms with van der Waals surface area (Å²) < 4.78 is 49.8. The SMILES string of the molecule is CCOC(=O)NCC(=O)OCS/C(=N\C(=O)Nc1ccc(-c2ncn(-c3ccc(C(F)(F)F)cc3)n2)cc1)Nc1c(C)cccc1C. The number of urea groups is 1. The molecule has 246 valence electrons. The number of alkyl halides is 3. The first-order chi connectivity index (χ1) is 22.4. The Morgan fingerprint density at radius 2 is 1.62 bits per heavy atom. The minimum atomic E-state index is -4.44. The van der Waals surface area contributed by atoms with Gasteiger partial charge in [-0.3, -0.25) is 4.79 Å². The fourth-order valence-electron chi connectivity index (χ4n) is 4.01. The minimum absolute atomic E-state index is 0.153. The predicted octanol–water partition coefficient (Wildman–Crippen LogP) is 6.55. The summed E-state index contributed by atoms with van der Waals surface area (Å²) in [7, 11) is 0. The van der Waals surface area contributed by atoms with Crippen molar-refractivity contribution in [3.63, 3.8) is 0 Å². The smallest absolute Gasteiger partial charge is 0.416 e. The molecule has 0 saturated heterocycles. The average molecular weight is 670 g/mol. The third kappa shape index (κ3) is 10.1. The molecule has 0 unspecified atom stereocenters. The molecule has 0 bridgehead atoms. The summed E-state index contributed by atoms with van der Waals surface area (Å²) in [5.74, 6) is -0.585. The number of rotatable bonds is 9. The van der Waals surface area contributed by atoms with Gasteiger partial charge in [0.15, 0.2) is 11.0 Å². The lowest BCUT2D eigenvalue weighted by Crippen LogP contribution is -2.31. The first-order valence-electron chi connectivity index (χ1n) is 14.0. The summed E-state index contributed by atoms with van der Waals surface area (Å²) >= 11 is 0.964. The monoisotopic (exact) mass is 669 g/mol. The van der Waals surface area contributed by atoms with Gasteiger partial charge in [-0.2, -0.15) is 18.2 Å². The molecule has 16 heteroatoms. The van der Waals surface area contributed by atoms with E-state index in [0.717, 1.165) is 40.7 Å². The number of hydrogen-bond donors (Lipinski definition) is 3. The standard InChI is InChI=1S/C31H30F3N7O5S/c1-4-45-30(44)35-16-25(42)46-18-47-29(38-26-19(2)6-5-7-20(26)3)39-28(43)37-23-12-8-21(9-13-23)27-36-17-41(40-27)24-14-10-22(11-15-24)31(32,33)34/h5-15,17H,4,16,18H2,1-3H3,(H,35,44)(H2,37,38,39,43). The molecule has 4 rings (SSSR count). The van der Waals surface area contributed by atoms with E-state index in [2.05, 4.69) is 31.0 Å². The molecule has 1 aromatic heterocycles. The number of carbonyl (C=O) groups excluding carboxylic acids is 3. The highest BCUT2D eigenvalue weighted by molar-refractivity contribution is 8.14. The van der Waals surface area contributed by atoms with Crippen LogP contribution in [0.25, 0.3) is 17.1 Å². The Balaban J connectivity index is 1.41. The van der Waals surface area contributed by atoms with E-state index in [0.29, 0.717) is 22.8 Å². The molecule has 0 saturated carbocycles. The Kier molecular flexibility index (Phi) is 11.6. The molecule has 0 aliphatic rings. The molecule has 0 spiro atoms. The Morgan fingerprint density at radius 1 is 0.936 bits per heavy atom. The summed E-state index contributed by atoms with van der Waals surface area (Å²) in [5.41, 5.74) is 3.19. The first kappa shape index (κ1) is 34.5. The van der Waals surface area contributed by atoms with E-state index in [9.17, 15) is 27.6 Å². The summed E-state index contributed by atoms with van der Waals surface area (Å²) in [5, 5.41) is 12.6. The number of amidine groups is 1. The molecule has 4 aromatic rings. The Bertz CT molecular complexity index is 1720. The number of para-hydroxylation sites is 1. The van der Waals surface area contributed by atoms with Gasteiger partial charge in [0, 0.05) is 16.9 Å². The van der Waals surface area contributed by atoms with E-state index in [1.807, 2.05) is 32.0 Å². The first-order valence-corrected chi connectivity index (χ1v) is 15.0. The van der Waals surface area contributed by atoms with Gasteiger partial charge < -0.3 is 25.4 Å². The van der Waals surface area contributed by atoms with E-state index in [1.54, 1.807) is 31.2 Å². The van der Waals surface area contributed by atoms with Gasteiger partial charge in [-0.15, -0.1) is 5.10 Å². The maximum atomic E-state index is 12.9. The summed E-state index contributed by atoms with van der Waals surface area (Å²) in [4.78, 5) is 44.7. The van der Waals surface area contributed by atoms with Gasteiger partial charge in [0.25, 0.3) is 0 Å². The number of ether oxygens (including phenoxy) is 2. The third-order valence-electron chi connectivity index (χ3n) is 6.33. The lowest BCUT2D eigenvalue weighted by atomic mass is 10.1. The number of amides is 3. The second-order valence-electron chi connectivity index (χ2n) is 9.73. The van der Waals surface area contributed by atoms with E-state index in [-0.39, 0.29) is 17.7 Å². The van der Waals surface area contributed by atoms with Gasteiger partial charge in [0.2, 0.25) is 0 Å². The van der Waals surface area contributed by atoms with Gasteiger partial charge in [-0.25, -0.2) is 19.3 Å². The molecule has 0 aliphatic carbocycles. The number of carbonyl (C=O) groups is 3. The number of alkyl carbamates (subject to hydrolysis) is 1.